The molecule has 5 atom stereocenters. The molecule has 1 unspecified atom stereocenters. The predicted molar refractivity (Wildman–Crippen MR) is 106 cm³/mol. The second-order valence-electron chi connectivity index (χ2n) is 9.36. The number of para-hydroxylation sites is 1. The lowest BCUT2D eigenvalue weighted by molar-refractivity contribution is -0.136. The van der Waals surface area contributed by atoms with Crippen LogP contribution in [0.5, 0.6) is 5.75 Å². The fourth-order valence-corrected chi connectivity index (χ4v) is 6.36. The van der Waals surface area contributed by atoms with Crippen molar-refractivity contribution >= 4 is 5.91 Å². The summed E-state index contributed by atoms with van der Waals surface area (Å²) in [6.07, 6.45) is 4.47. The van der Waals surface area contributed by atoms with Crippen molar-refractivity contribution in [1.29, 1.82) is 0 Å². The molecular weight excluding hydrogens is 338 g/mol. The number of ether oxygens (including phenoxy) is 2. The maximum atomic E-state index is 12.0. The number of fused-ring (bicyclic) bond motifs is 1. The number of hydrogen-bond acceptors (Lipinski definition) is 3. The highest BCUT2D eigenvalue weighted by Crippen LogP contribution is 2.70. The van der Waals surface area contributed by atoms with Gasteiger partial charge in [0.25, 0.3) is 0 Å². The molecule has 1 spiro atoms. The highest BCUT2D eigenvalue weighted by atomic mass is 16.5. The van der Waals surface area contributed by atoms with Crippen LogP contribution in [-0.2, 0) is 9.53 Å². The number of benzene rings is 1. The van der Waals surface area contributed by atoms with Crippen LogP contribution in [0.1, 0.15) is 65.0 Å². The summed E-state index contributed by atoms with van der Waals surface area (Å²) in [4.78, 5) is 12.0. The summed E-state index contributed by atoms with van der Waals surface area (Å²) in [5.41, 5.74) is 1.46. The molecule has 4 rings (SSSR count). The summed E-state index contributed by atoms with van der Waals surface area (Å²) < 4.78 is 12.4. The number of carbonyl (C=O) groups excluding carboxylic acids is 1. The highest BCUT2D eigenvalue weighted by Gasteiger charge is 2.68. The summed E-state index contributed by atoms with van der Waals surface area (Å²) in [7, 11) is 0. The number of amides is 1. The van der Waals surface area contributed by atoms with E-state index in [1.165, 1.54) is 18.4 Å². The molecular formula is C23H33NO3. The third kappa shape index (κ3) is 2.88. The minimum absolute atomic E-state index is 0.0594. The van der Waals surface area contributed by atoms with Gasteiger partial charge in [0.15, 0.2) is 0 Å². The average molecular weight is 372 g/mol. The fourth-order valence-electron chi connectivity index (χ4n) is 6.36. The largest absolute Gasteiger partial charge is 0.493 e. The lowest BCUT2D eigenvalue weighted by Crippen LogP contribution is -2.58. The topological polar surface area (TPSA) is 47.6 Å². The van der Waals surface area contributed by atoms with E-state index in [-0.39, 0.29) is 28.9 Å². The molecule has 2 saturated carbocycles. The monoisotopic (exact) mass is 371 g/mol. The molecule has 4 nitrogen and oxygen atoms in total. The number of carbonyl (C=O) groups is 1. The Morgan fingerprint density at radius 1 is 1.33 bits per heavy atom. The quantitative estimate of drug-likeness (QED) is 0.829. The molecule has 1 aromatic rings. The Labute approximate surface area is 163 Å². The Hall–Kier alpha value is -1.55. The van der Waals surface area contributed by atoms with Gasteiger partial charge in [0.1, 0.15) is 5.75 Å². The first kappa shape index (κ1) is 18.8. The standard InChI is InChI=1S/C23H33NO3/c1-5-11-26-19-9-7-6-8-17(19)20-18-13-16-14-23(18,10-12-27-20)21(22(16,3)4)24-15(2)25/h6-9,16,18,20-21H,5,10-14H2,1-4H3,(H,24,25)/t16-,18-,20-,21-,23?/m1/s1. The van der Waals surface area contributed by atoms with Gasteiger partial charge in [-0.25, -0.2) is 0 Å². The van der Waals surface area contributed by atoms with Crippen molar-refractivity contribution in [2.75, 3.05) is 13.2 Å². The second-order valence-corrected chi connectivity index (χ2v) is 9.36. The van der Waals surface area contributed by atoms with Crippen LogP contribution in [0.3, 0.4) is 0 Å². The van der Waals surface area contributed by atoms with E-state index in [0.717, 1.165) is 31.8 Å². The molecule has 1 aromatic carbocycles. The van der Waals surface area contributed by atoms with Gasteiger partial charge in [-0.2, -0.15) is 0 Å². The molecule has 27 heavy (non-hydrogen) atoms. The van der Waals surface area contributed by atoms with Crippen LogP contribution < -0.4 is 10.1 Å². The lowest BCUT2D eigenvalue weighted by atomic mass is 9.58. The van der Waals surface area contributed by atoms with Crippen LogP contribution in [0.4, 0.5) is 0 Å². The van der Waals surface area contributed by atoms with Crippen LogP contribution in [0.25, 0.3) is 0 Å². The number of nitrogens with one attached hydrogen (secondary N) is 1. The van der Waals surface area contributed by atoms with E-state index in [1.54, 1.807) is 6.92 Å². The minimum atomic E-state index is 0.0594. The van der Waals surface area contributed by atoms with Gasteiger partial charge in [0.2, 0.25) is 5.91 Å². The number of hydrogen-bond donors (Lipinski definition) is 1. The SMILES string of the molecule is CCCOc1ccccc1[C@H]1OCCC23C[C@@H](C[C@H]12)C(C)(C)[C@H]3NC(C)=O. The molecule has 1 amide bonds. The Morgan fingerprint density at radius 2 is 2.11 bits per heavy atom. The van der Waals surface area contributed by atoms with Gasteiger partial charge in [-0.15, -0.1) is 0 Å². The Kier molecular flexibility index (Phi) is 4.74. The lowest BCUT2D eigenvalue weighted by Gasteiger charge is -2.53. The number of rotatable bonds is 5. The van der Waals surface area contributed by atoms with Crippen molar-refractivity contribution in [1.82, 2.24) is 5.32 Å². The van der Waals surface area contributed by atoms with Crippen LogP contribution in [-0.4, -0.2) is 25.2 Å². The smallest absolute Gasteiger partial charge is 0.217 e. The van der Waals surface area contributed by atoms with Crippen LogP contribution in [0.2, 0.25) is 0 Å². The second kappa shape index (κ2) is 6.80. The van der Waals surface area contributed by atoms with Gasteiger partial charge in [-0.1, -0.05) is 39.0 Å². The highest BCUT2D eigenvalue weighted by molar-refractivity contribution is 5.73. The summed E-state index contributed by atoms with van der Waals surface area (Å²) in [5.74, 6) is 2.11. The zero-order valence-corrected chi connectivity index (χ0v) is 17.1. The van der Waals surface area contributed by atoms with Gasteiger partial charge in [0.05, 0.1) is 12.7 Å². The van der Waals surface area contributed by atoms with E-state index in [9.17, 15) is 4.79 Å². The molecule has 1 aliphatic heterocycles. The van der Waals surface area contributed by atoms with Crippen molar-refractivity contribution in [3.63, 3.8) is 0 Å². The van der Waals surface area contributed by atoms with E-state index >= 15 is 0 Å². The average Bonchev–Trinajstić information content (AvgIpc) is 3.13. The molecule has 0 aromatic heterocycles. The molecule has 2 aliphatic carbocycles. The summed E-state index contributed by atoms with van der Waals surface area (Å²) in [5, 5.41) is 3.35. The third-order valence-electron chi connectivity index (χ3n) is 7.54. The van der Waals surface area contributed by atoms with Crippen LogP contribution in [0, 0.1) is 22.7 Å². The molecule has 1 saturated heterocycles. The molecule has 4 heteroatoms. The molecule has 1 N–H and O–H groups in total. The fraction of sp³-hybridized carbons (Fsp3) is 0.696. The van der Waals surface area contributed by atoms with Crippen molar-refractivity contribution in [3.8, 4) is 5.75 Å². The van der Waals surface area contributed by atoms with Crippen molar-refractivity contribution in [3.05, 3.63) is 29.8 Å². The van der Waals surface area contributed by atoms with Crippen LogP contribution in [0.15, 0.2) is 24.3 Å². The maximum Gasteiger partial charge on any atom is 0.217 e. The van der Waals surface area contributed by atoms with Gasteiger partial charge in [-0.3, -0.25) is 4.79 Å². The molecule has 0 radical (unpaired) electrons. The summed E-state index contributed by atoms with van der Waals surface area (Å²) in [6.45, 7) is 9.94. The van der Waals surface area contributed by atoms with E-state index in [0.29, 0.717) is 11.8 Å². The van der Waals surface area contributed by atoms with Gasteiger partial charge in [0, 0.05) is 25.1 Å². The summed E-state index contributed by atoms with van der Waals surface area (Å²) in [6, 6.07) is 8.58. The maximum absolute atomic E-state index is 12.0. The van der Waals surface area contributed by atoms with E-state index in [2.05, 4.69) is 44.3 Å². The normalized spacial score (nSPS) is 36.3. The third-order valence-corrected chi connectivity index (χ3v) is 7.54. The van der Waals surface area contributed by atoms with Crippen LogP contribution >= 0.6 is 0 Å². The Balaban J connectivity index is 1.69. The van der Waals surface area contributed by atoms with Gasteiger partial charge >= 0.3 is 0 Å². The molecule has 1 heterocycles. The molecule has 3 aliphatic rings. The Bertz CT molecular complexity index is 715. The zero-order valence-electron chi connectivity index (χ0n) is 17.1. The van der Waals surface area contributed by atoms with Crippen molar-refractivity contribution in [2.45, 2.75) is 65.5 Å². The molecule has 3 fully saturated rings. The summed E-state index contributed by atoms with van der Waals surface area (Å²) >= 11 is 0. The minimum Gasteiger partial charge on any atom is -0.493 e. The van der Waals surface area contributed by atoms with Crippen molar-refractivity contribution < 1.29 is 14.3 Å². The van der Waals surface area contributed by atoms with E-state index < -0.39 is 0 Å². The van der Waals surface area contributed by atoms with E-state index in [1.807, 2.05) is 6.07 Å². The first-order valence-corrected chi connectivity index (χ1v) is 10.5. The Morgan fingerprint density at radius 3 is 2.85 bits per heavy atom. The predicted octanol–water partition coefficient (Wildman–Crippen LogP) is 4.49. The zero-order chi connectivity index (χ0) is 19.2. The molecule has 2 bridgehead atoms. The van der Waals surface area contributed by atoms with E-state index in [4.69, 9.17) is 9.47 Å². The van der Waals surface area contributed by atoms with Gasteiger partial charge < -0.3 is 14.8 Å². The van der Waals surface area contributed by atoms with Crippen molar-refractivity contribution in [2.24, 2.45) is 22.7 Å². The molecule has 148 valence electrons. The van der Waals surface area contributed by atoms with Gasteiger partial charge in [-0.05, 0) is 54.4 Å². The first-order chi connectivity index (χ1) is 12.9. The first-order valence-electron chi connectivity index (χ1n) is 10.5.